The Labute approximate surface area is 205 Å². The van der Waals surface area contributed by atoms with E-state index >= 15 is 0 Å². The number of fused-ring (bicyclic) bond motifs is 1. The summed E-state index contributed by atoms with van der Waals surface area (Å²) < 4.78 is 6.41. The normalized spacial score (nSPS) is 30.3. The molecule has 2 aliphatic carbocycles. The zero-order valence-corrected chi connectivity index (χ0v) is 20.2. The summed E-state index contributed by atoms with van der Waals surface area (Å²) in [4.78, 5) is 7.26. The molecule has 180 valence electrons. The summed E-state index contributed by atoms with van der Waals surface area (Å²) in [5, 5.41) is 27.0. The fraction of sp³-hybridized carbons (Fsp3) is 0.414. The van der Waals surface area contributed by atoms with E-state index in [1.54, 1.807) is 0 Å². The number of para-hydroxylation sites is 1. The fourth-order valence-corrected chi connectivity index (χ4v) is 7.35. The number of ether oxygens (including phenoxy) is 1. The van der Waals surface area contributed by atoms with Crippen LogP contribution in [-0.2, 0) is 11.8 Å². The summed E-state index contributed by atoms with van der Waals surface area (Å²) in [5.41, 5.74) is 6.07. The van der Waals surface area contributed by atoms with Crippen molar-refractivity contribution in [3.63, 3.8) is 0 Å². The molecule has 3 N–H and O–H groups in total. The lowest BCUT2D eigenvalue weighted by Gasteiger charge is -2.56. The van der Waals surface area contributed by atoms with Gasteiger partial charge in [-0.2, -0.15) is 0 Å². The second-order valence-electron chi connectivity index (χ2n) is 10.6. The van der Waals surface area contributed by atoms with Crippen molar-refractivity contribution in [1.29, 1.82) is 0 Å². The van der Waals surface area contributed by atoms with Crippen LogP contribution in [-0.4, -0.2) is 58.5 Å². The minimum Gasteiger partial charge on any atom is -0.504 e. The molecule has 4 aliphatic rings. The molecule has 3 heterocycles. The summed E-state index contributed by atoms with van der Waals surface area (Å²) in [7, 11) is 2.21. The quantitative estimate of drug-likeness (QED) is 0.497. The molecule has 0 amide bonds. The van der Waals surface area contributed by atoms with Crippen LogP contribution in [0.15, 0.2) is 48.7 Å². The number of phenols is 1. The van der Waals surface area contributed by atoms with Gasteiger partial charge < -0.3 is 25.2 Å². The van der Waals surface area contributed by atoms with Gasteiger partial charge in [-0.25, -0.2) is 0 Å². The highest BCUT2D eigenvalue weighted by Crippen LogP contribution is 2.64. The summed E-state index contributed by atoms with van der Waals surface area (Å²) in [6, 6.07) is 10.4. The van der Waals surface area contributed by atoms with Gasteiger partial charge in [0.15, 0.2) is 11.5 Å². The molecular weight excluding hydrogens is 438 g/mol. The van der Waals surface area contributed by atoms with Crippen LogP contribution >= 0.6 is 0 Å². The van der Waals surface area contributed by atoms with Crippen LogP contribution in [0.2, 0.25) is 0 Å². The standard InChI is InChI=1S/C29H31N3O3/c1-3-11-30-26-16-6-4-5-7-21(16)31-15-19(26)17-14-24(34)27-25-18(17)13-22-20-8-9-23(33)28(35-27)29(20,25)10-12-32(22)2/h4-9,14-15,20,22-23,28,33-34H,3,10-13H2,1-2H3,(H,30,31)/t20-,22+,23-,28-,29-/m0/s1. The van der Waals surface area contributed by atoms with Crippen LogP contribution < -0.4 is 10.1 Å². The van der Waals surface area contributed by atoms with Crippen LogP contribution in [0.25, 0.3) is 22.0 Å². The van der Waals surface area contributed by atoms with Crippen LogP contribution in [0.1, 0.15) is 30.9 Å². The van der Waals surface area contributed by atoms with Gasteiger partial charge in [0.25, 0.3) is 0 Å². The number of aliphatic hydroxyl groups is 1. The Morgan fingerprint density at radius 3 is 2.94 bits per heavy atom. The van der Waals surface area contributed by atoms with E-state index in [4.69, 9.17) is 9.72 Å². The van der Waals surface area contributed by atoms with E-state index in [0.29, 0.717) is 11.8 Å². The topological polar surface area (TPSA) is 77.8 Å². The highest BCUT2D eigenvalue weighted by atomic mass is 16.5. The zero-order chi connectivity index (χ0) is 23.9. The van der Waals surface area contributed by atoms with Crippen LogP contribution in [0, 0.1) is 5.92 Å². The van der Waals surface area contributed by atoms with Crippen LogP contribution in [0.5, 0.6) is 11.5 Å². The van der Waals surface area contributed by atoms with Crippen molar-refractivity contribution < 1.29 is 14.9 Å². The molecule has 0 radical (unpaired) electrons. The molecule has 6 heteroatoms. The minimum absolute atomic E-state index is 0.153. The summed E-state index contributed by atoms with van der Waals surface area (Å²) >= 11 is 0. The minimum atomic E-state index is -0.680. The number of aromatic hydroxyl groups is 1. The van der Waals surface area contributed by atoms with Gasteiger partial charge in [0, 0.05) is 46.6 Å². The summed E-state index contributed by atoms with van der Waals surface area (Å²) in [6.45, 7) is 3.97. The molecule has 2 aromatic carbocycles. The number of hydrogen-bond donors (Lipinski definition) is 3. The Morgan fingerprint density at radius 2 is 2.09 bits per heavy atom. The third kappa shape index (κ3) is 2.69. The number of aromatic nitrogens is 1. The molecule has 35 heavy (non-hydrogen) atoms. The van der Waals surface area contributed by atoms with Gasteiger partial charge >= 0.3 is 0 Å². The van der Waals surface area contributed by atoms with E-state index in [0.717, 1.165) is 65.6 Å². The first-order valence-corrected chi connectivity index (χ1v) is 12.8. The van der Waals surface area contributed by atoms with Gasteiger partial charge in [-0.3, -0.25) is 4.98 Å². The Morgan fingerprint density at radius 1 is 1.23 bits per heavy atom. The maximum atomic E-state index is 11.3. The summed E-state index contributed by atoms with van der Waals surface area (Å²) in [6.07, 6.45) is 7.79. The third-order valence-electron chi connectivity index (χ3n) is 8.90. The number of rotatable bonds is 4. The van der Waals surface area contributed by atoms with Crippen molar-refractivity contribution in [2.24, 2.45) is 5.92 Å². The first-order valence-electron chi connectivity index (χ1n) is 12.8. The van der Waals surface area contributed by atoms with E-state index < -0.39 is 6.10 Å². The number of benzene rings is 2. The monoisotopic (exact) mass is 469 g/mol. The molecule has 5 atom stereocenters. The highest BCUT2D eigenvalue weighted by molar-refractivity contribution is 6.00. The fourth-order valence-electron chi connectivity index (χ4n) is 7.35. The number of phenolic OH excluding ortho intramolecular Hbond substituents is 1. The van der Waals surface area contributed by atoms with E-state index in [1.807, 2.05) is 36.5 Å². The first kappa shape index (κ1) is 21.2. The largest absolute Gasteiger partial charge is 0.504 e. The Hall–Kier alpha value is -3.09. The Kier molecular flexibility index (Phi) is 4.52. The smallest absolute Gasteiger partial charge is 0.165 e. The maximum Gasteiger partial charge on any atom is 0.165 e. The number of hydrogen-bond acceptors (Lipinski definition) is 6. The van der Waals surface area contributed by atoms with Gasteiger partial charge in [0.05, 0.1) is 11.2 Å². The molecule has 7 rings (SSSR count). The van der Waals surface area contributed by atoms with Gasteiger partial charge in [-0.15, -0.1) is 0 Å². The van der Waals surface area contributed by atoms with Gasteiger partial charge in [-0.1, -0.05) is 37.3 Å². The van der Waals surface area contributed by atoms with E-state index in [1.165, 1.54) is 5.56 Å². The van der Waals surface area contributed by atoms with Crippen molar-refractivity contribution in [1.82, 2.24) is 9.88 Å². The predicted molar refractivity (Wildman–Crippen MR) is 137 cm³/mol. The van der Waals surface area contributed by atoms with Crippen molar-refractivity contribution >= 4 is 16.6 Å². The zero-order valence-electron chi connectivity index (χ0n) is 20.2. The number of likely N-dealkylation sites (N-methyl/N-ethyl adjacent to an activating group) is 1. The number of piperidine rings is 1. The highest BCUT2D eigenvalue weighted by Gasteiger charge is 2.64. The van der Waals surface area contributed by atoms with Crippen molar-refractivity contribution in [3.05, 3.63) is 59.8 Å². The maximum absolute atomic E-state index is 11.3. The number of aliphatic hydroxyl groups excluding tert-OH is 1. The summed E-state index contributed by atoms with van der Waals surface area (Å²) in [5.74, 6) is 0.979. The van der Waals surface area contributed by atoms with Crippen molar-refractivity contribution in [3.8, 4) is 22.6 Å². The van der Waals surface area contributed by atoms with E-state index in [9.17, 15) is 10.2 Å². The number of anilines is 1. The molecule has 1 fully saturated rings. The SMILES string of the molecule is CCCNc1c(-c2cc(O)c3c4c2C[C@@H]2[C@@H]5C=C[C@H](O)[C@H](O3)[C@]45CCN2C)cnc2ccccc12. The molecule has 1 spiro atoms. The molecule has 2 bridgehead atoms. The predicted octanol–water partition coefficient (Wildman–Crippen LogP) is 4.24. The van der Waals surface area contributed by atoms with Crippen molar-refractivity contribution in [2.45, 2.75) is 49.9 Å². The Balaban J connectivity index is 1.52. The van der Waals surface area contributed by atoms with E-state index in [2.05, 4.69) is 36.3 Å². The first-order chi connectivity index (χ1) is 17.0. The third-order valence-corrected chi connectivity index (χ3v) is 8.90. The van der Waals surface area contributed by atoms with E-state index in [-0.39, 0.29) is 23.2 Å². The lowest BCUT2D eigenvalue weighted by Crippen LogP contribution is -2.64. The lowest BCUT2D eigenvalue weighted by molar-refractivity contribution is -0.0452. The molecule has 2 aliphatic heterocycles. The number of nitrogens with one attached hydrogen (secondary N) is 1. The van der Waals surface area contributed by atoms with Crippen molar-refractivity contribution in [2.75, 3.05) is 25.5 Å². The second kappa shape index (κ2) is 7.45. The average Bonchev–Trinajstić information content (AvgIpc) is 3.23. The molecular formula is C29H31N3O3. The number of nitrogens with zero attached hydrogens (tertiary/aromatic N) is 2. The molecule has 0 unspecified atom stereocenters. The van der Waals surface area contributed by atoms with Crippen LogP contribution in [0.3, 0.4) is 0 Å². The van der Waals surface area contributed by atoms with Gasteiger partial charge in [0.2, 0.25) is 0 Å². The number of pyridine rings is 1. The average molecular weight is 470 g/mol. The van der Waals surface area contributed by atoms with Gasteiger partial charge in [-0.05, 0) is 56.1 Å². The number of likely N-dealkylation sites (tertiary alicyclic amines) is 1. The molecule has 3 aromatic rings. The molecule has 0 saturated carbocycles. The lowest BCUT2D eigenvalue weighted by atomic mass is 9.53. The molecule has 1 aromatic heterocycles. The molecule has 1 saturated heterocycles. The molecule has 6 nitrogen and oxygen atoms in total. The van der Waals surface area contributed by atoms with Crippen LogP contribution in [0.4, 0.5) is 5.69 Å². The van der Waals surface area contributed by atoms with Gasteiger partial charge in [0.1, 0.15) is 12.2 Å². The Bertz CT molecular complexity index is 1390. The second-order valence-corrected chi connectivity index (χ2v) is 10.6.